The lowest BCUT2D eigenvalue weighted by atomic mass is 10.0. The number of carbonyl (C=O) groups excluding carboxylic acids is 1. The number of benzene rings is 1. The highest BCUT2D eigenvalue weighted by Crippen LogP contribution is 2.33. The maximum Gasteiger partial charge on any atom is 0.354 e. The Labute approximate surface area is 124 Å². The molecule has 0 unspecified atom stereocenters. The minimum Gasteiger partial charge on any atom is -0.461 e. The third-order valence-electron chi connectivity index (χ3n) is 3.46. The molecule has 0 amide bonds. The summed E-state index contributed by atoms with van der Waals surface area (Å²) in [4.78, 5) is 11.7. The fourth-order valence-corrected chi connectivity index (χ4v) is 2.25. The zero-order valence-electron chi connectivity index (χ0n) is 12.5. The Morgan fingerprint density at radius 3 is 2.76 bits per heavy atom. The SMILES string of the molecule is CCOC(=O)C(N)=C(CC)CCc1ccc2c(c1)OCO2. The minimum absolute atomic E-state index is 0.236. The van der Waals surface area contributed by atoms with Gasteiger partial charge in [-0.3, -0.25) is 0 Å². The first kappa shape index (κ1) is 15.2. The van der Waals surface area contributed by atoms with Crippen molar-refractivity contribution >= 4 is 5.97 Å². The van der Waals surface area contributed by atoms with Crippen LogP contribution < -0.4 is 15.2 Å². The summed E-state index contributed by atoms with van der Waals surface area (Å²) in [6, 6.07) is 5.87. The molecule has 0 aliphatic carbocycles. The van der Waals surface area contributed by atoms with Gasteiger partial charge in [0.15, 0.2) is 11.5 Å². The normalized spacial score (nSPS) is 13.8. The van der Waals surface area contributed by atoms with E-state index < -0.39 is 5.97 Å². The average Bonchev–Trinajstić information content (AvgIpc) is 2.95. The van der Waals surface area contributed by atoms with E-state index in [0.29, 0.717) is 6.61 Å². The second-order valence-electron chi connectivity index (χ2n) is 4.78. The fraction of sp³-hybridized carbons (Fsp3) is 0.438. The Hall–Kier alpha value is -2.17. The topological polar surface area (TPSA) is 70.8 Å². The maximum atomic E-state index is 11.7. The molecular formula is C16H21NO4. The molecule has 1 heterocycles. The second-order valence-corrected chi connectivity index (χ2v) is 4.78. The van der Waals surface area contributed by atoms with E-state index >= 15 is 0 Å². The van der Waals surface area contributed by atoms with Crippen molar-refractivity contribution < 1.29 is 19.0 Å². The first-order valence-electron chi connectivity index (χ1n) is 7.18. The lowest BCUT2D eigenvalue weighted by molar-refractivity contribution is -0.138. The van der Waals surface area contributed by atoms with Crippen LogP contribution in [0, 0.1) is 0 Å². The van der Waals surface area contributed by atoms with Crippen LogP contribution in [0.15, 0.2) is 29.5 Å². The molecule has 1 aromatic rings. The number of ether oxygens (including phenoxy) is 3. The van der Waals surface area contributed by atoms with Crippen LogP contribution in [0.1, 0.15) is 32.3 Å². The molecule has 5 heteroatoms. The fourth-order valence-electron chi connectivity index (χ4n) is 2.25. The molecule has 21 heavy (non-hydrogen) atoms. The highest BCUT2D eigenvalue weighted by molar-refractivity contribution is 5.88. The number of carbonyl (C=O) groups is 1. The van der Waals surface area contributed by atoms with Gasteiger partial charge in [-0.15, -0.1) is 0 Å². The Balaban J connectivity index is 2.03. The van der Waals surface area contributed by atoms with Crippen LogP contribution in [0.5, 0.6) is 11.5 Å². The summed E-state index contributed by atoms with van der Waals surface area (Å²) < 4.78 is 15.6. The Morgan fingerprint density at radius 2 is 2.05 bits per heavy atom. The van der Waals surface area contributed by atoms with E-state index in [1.165, 1.54) is 0 Å². The molecule has 5 nitrogen and oxygen atoms in total. The average molecular weight is 291 g/mol. The number of allylic oxidation sites excluding steroid dienone is 1. The zero-order chi connectivity index (χ0) is 15.2. The summed E-state index contributed by atoms with van der Waals surface area (Å²) in [5.41, 5.74) is 8.16. The molecule has 1 aromatic carbocycles. The van der Waals surface area contributed by atoms with Gasteiger partial charge in [-0.2, -0.15) is 0 Å². The zero-order valence-corrected chi connectivity index (χ0v) is 12.5. The van der Waals surface area contributed by atoms with Crippen LogP contribution in [0.4, 0.5) is 0 Å². The Kier molecular flexibility index (Phi) is 5.09. The van der Waals surface area contributed by atoms with E-state index in [-0.39, 0.29) is 12.5 Å². The summed E-state index contributed by atoms with van der Waals surface area (Å²) >= 11 is 0. The number of fused-ring (bicyclic) bond motifs is 1. The number of hydrogen-bond donors (Lipinski definition) is 1. The third-order valence-corrected chi connectivity index (χ3v) is 3.46. The van der Waals surface area contributed by atoms with Crippen molar-refractivity contribution in [3.8, 4) is 11.5 Å². The predicted molar refractivity (Wildman–Crippen MR) is 79.0 cm³/mol. The number of rotatable bonds is 6. The quantitative estimate of drug-likeness (QED) is 0.644. The molecular weight excluding hydrogens is 270 g/mol. The Bertz CT molecular complexity index is 551. The van der Waals surface area contributed by atoms with E-state index in [1.807, 2.05) is 25.1 Å². The van der Waals surface area contributed by atoms with Crippen LogP contribution in [-0.4, -0.2) is 19.4 Å². The number of aryl methyl sites for hydroxylation is 1. The molecule has 2 N–H and O–H groups in total. The Morgan fingerprint density at radius 1 is 1.29 bits per heavy atom. The third kappa shape index (κ3) is 3.68. The van der Waals surface area contributed by atoms with Crippen molar-refractivity contribution in [2.24, 2.45) is 5.73 Å². The van der Waals surface area contributed by atoms with Gasteiger partial charge in [-0.05, 0) is 49.5 Å². The van der Waals surface area contributed by atoms with Gasteiger partial charge >= 0.3 is 5.97 Å². The minimum atomic E-state index is -0.431. The lowest BCUT2D eigenvalue weighted by Crippen LogP contribution is -2.17. The molecule has 1 aliphatic heterocycles. The highest BCUT2D eigenvalue weighted by Gasteiger charge is 2.15. The molecule has 0 spiro atoms. The molecule has 0 fully saturated rings. The number of nitrogens with two attached hydrogens (primary N) is 1. The van der Waals surface area contributed by atoms with E-state index in [2.05, 4.69) is 0 Å². The van der Waals surface area contributed by atoms with Crippen LogP contribution >= 0.6 is 0 Å². The monoisotopic (exact) mass is 291 g/mol. The predicted octanol–water partition coefficient (Wildman–Crippen LogP) is 2.53. The summed E-state index contributed by atoms with van der Waals surface area (Å²) in [6.45, 7) is 4.36. The van der Waals surface area contributed by atoms with Crippen LogP contribution in [0.2, 0.25) is 0 Å². The molecule has 0 saturated heterocycles. The van der Waals surface area contributed by atoms with Crippen molar-refractivity contribution in [2.45, 2.75) is 33.1 Å². The van der Waals surface area contributed by atoms with Crippen molar-refractivity contribution in [2.75, 3.05) is 13.4 Å². The lowest BCUT2D eigenvalue weighted by Gasteiger charge is -2.10. The van der Waals surface area contributed by atoms with E-state index in [4.69, 9.17) is 19.9 Å². The first-order valence-corrected chi connectivity index (χ1v) is 7.18. The molecule has 1 aliphatic rings. The molecule has 0 atom stereocenters. The van der Waals surface area contributed by atoms with Crippen molar-refractivity contribution in [3.63, 3.8) is 0 Å². The summed E-state index contributed by atoms with van der Waals surface area (Å²) in [5.74, 6) is 1.11. The van der Waals surface area contributed by atoms with E-state index in [9.17, 15) is 4.79 Å². The summed E-state index contributed by atoms with van der Waals surface area (Å²) in [5, 5.41) is 0. The molecule has 114 valence electrons. The van der Waals surface area contributed by atoms with Gasteiger partial charge < -0.3 is 19.9 Å². The smallest absolute Gasteiger partial charge is 0.354 e. The van der Waals surface area contributed by atoms with E-state index in [1.54, 1.807) is 6.92 Å². The summed E-state index contributed by atoms with van der Waals surface area (Å²) in [7, 11) is 0. The van der Waals surface area contributed by atoms with Gasteiger partial charge in [-0.25, -0.2) is 4.79 Å². The van der Waals surface area contributed by atoms with Crippen molar-refractivity contribution in [1.82, 2.24) is 0 Å². The van der Waals surface area contributed by atoms with Gasteiger partial charge in [-0.1, -0.05) is 13.0 Å². The molecule has 0 saturated carbocycles. The maximum absolute atomic E-state index is 11.7. The summed E-state index contributed by atoms with van der Waals surface area (Å²) in [6.07, 6.45) is 2.25. The largest absolute Gasteiger partial charge is 0.461 e. The highest BCUT2D eigenvalue weighted by atomic mass is 16.7. The molecule has 2 rings (SSSR count). The van der Waals surface area contributed by atoms with Crippen LogP contribution in [0.3, 0.4) is 0 Å². The van der Waals surface area contributed by atoms with Crippen LogP contribution in [0.25, 0.3) is 0 Å². The second kappa shape index (κ2) is 7.02. The van der Waals surface area contributed by atoms with Gasteiger partial charge in [0, 0.05) is 0 Å². The van der Waals surface area contributed by atoms with Crippen LogP contribution in [-0.2, 0) is 16.0 Å². The van der Waals surface area contributed by atoms with Gasteiger partial charge in [0.05, 0.1) is 6.61 Å². The first-order chi connectivity index (χ1) is 10.2. The molecule has 0 radical (unpaired) electrons. The van der Waals surface area contributed by atoms with Gasteiger partial charge in [0.25, 0.3) is 0 Å². The van der Waals surface area contributed by atoms with Crippen molar-refractivity contribution in [3.05, 3.63) is 35.0 Å². The van der Waals surface area contributed by atoms with Crippen molar-refractivity contribution in [1.29, 1.82) is 0 Å². The van der Waals surface area contributed by atoms with Gasteiger partial charge in [0.2, 0.25) is 6.79 Å². The number of hydrogen-bond acceptors (Lipinski definition) is 5. The van der Waals surface area contributed by atoms with E-state index in [0.717, 1.165) is 41.9 Å². The molecule has 0 aromatic heterocycles. The number of esters is 1. The van der Waals surface area contributed by atoms with Gasteiger partial charge in [0.1, 0.15) is 5.70 Å². The molecule has 0 bridgehead atoms. The standard InChI is InChI=1S/C16H21NO4/c1-3-12(15(17)16(18)19-4-2)7-5-11-6-8-13-14(9-11)21-10-20-13/h6,8-9H,3-5,7,10,17H2,1-2H3.